The van der Waals surface area contributed by atoms with Crippen LogP contribution in [0.25, 0.3) is 6.08 Å². The predicted octanol–water partition coefficient (Wildman–Crippen LogP) is 3.91. The summed E-state index contributed by atoms with van der Waals surface area (Å²) in [7, 11) is 1.45. The average molecular weight is 395 g/mol. The van der Waals surface area contributed by atoms with Crippen molar-refractivity contribution in [3.05, 3.63) is 76.0 Å². The fourth-order valence-corrected chi connectivity index (χ4v) is 3.12. The van der Waals surface area contributed by atoms with Gasteiger partial charge in [0.1, 0.15) is 0 Å². The largest absolute Gasteiger partial charge is 0.493 e. The van der Waals surface area contributed by atoms with Crippen LogP contribution >= 0.6 is 11.3 Å². The third kappa shape index (κ3) is 3.58. The van der Waals surface area contributed by atoms with Gasteiger partial charge in [-0.25, -0.2) is 14.6 Å². The topological polar surface area (TPSA) is 87.3 Å². The van der Waals surface area contributed by atoms with Crippen LogP contribution < -0.4 is 9.47 Å². The first-order chi connectivity index (χ1) is 13.6. The van der Waals surface area contributed by atoms with Crippen molar-refractivity contribution in [3.8, 4) is 11.5 Å². The zero-order valence-electron chi connectivity index (χ0n) is 14.6. The lowest BCUT2D eigenvalue weighted by Gasteiger charge is -2.09. The molecule has 0 aliphatic carbocycles. The molecule has 1 aliphatic heterocycles. The van der Waals surface area contributed by atoms with Crippen molar-refractivity contribution in [1.82, 2.24) is 0 Å². The molecule has 0 radical (unpaired) electrons. The quantitative estimate of drug-likeness (QED) is 0.370. The van der Waals surface area contributed by atoms with Crippen LogP contribution in [0.3, 0.4) is 0 Å². The van der Waals surface area contributed by atoms with Gasteiger partial charge in [0, 0.05) is 0 Å². The first-order valence-electron chi connectivity index (χ1n) is 8.14. The number of furan rings is 1. The van der Waals surface area contributed by atoms with E-state index in [1.807, 2.05) is 17.5 Å². The number of hydrogen-bond acceptors (Lipinski definition) is 8. The molecule has 0 saturated carbocycles. The molecule has 3 heterocycles. The summed E-state index contributed by atoms with van der Waals surface area (Å²) in [6, 6.07) is 11.6. The van der Waals surface area contributed by atoms with Crippen molar-refractivity contribution < 1.29 is 28.2 Å². The third-order valence-corrected chi connectivity index (χ3v) is 4.63. The van der Waals surface area contributed by atoms with Crippen LogP contribution in [0.1, 0.15) is 21.0 Å². The first kappa shape index (κ1) is 17.7. The predicted molar refractivity (Wildman–Crippen MR) is 102 cm³/mol. The van der Waals surface area contributed by atoms with Crippen LogP contribution in [0.15, 0.2) is 69.2 Å². The van der Waals surface area contributed by atoms with Gasteiger partial charge in [-0.05, 0) is 47.4 Å². The van der Waals surface area contributed by atoms with Gasteiger partial charge in [0.25, 0.3) is 0 Å². The molecular formula is C20H13NO6S. The Hall–Kier alpha value is -3.65. The van der Waals surface area contributed by atoms with Gasteiger partial charge < -0.3 is 18.6 Å². The Balaban J connectivity index is 1.58. The molecule has 0 amide bonds. The summed E-state index contributed by atoms with van der Waals surface area (Å²) in [4.78, 5) is 29.1. The summed E-state index contributed by atoms with van der Waals surface area (Å²) in [5, 5.41) is 1.88. The third-order valence-electron chi connectivity index (χ3n) is 3.77. The van der Waals surface area contributed by atoms with Gasteiger partial charge >= 0.3 is 11.9 Å². The molecule has 0 saturated heterocycles. The fraction of sp³-hybridized carbons (Fsp3) is 0.0500. The minimum absolute atomic E-state index is 0.0809. The summed E-state index contributed by atoms with van der Waals surface area (Å²) < 4.78 is 20.8. The minimum atomic E-state index is -0.640. The Kier molecular flexibility index (Phi) is 4.77. The number of carbonyl (C=O) groups is 2. The molecule has 0 atom stereocenters. The summed E-state index contributed by atoms with van der Waals surface area (Å²) in [5.41, 5.74) is 0.809. The van der Waals surface area contributed by atoms with Gasteiger partial charge in [-0.1, -0.05) is 12.1 Å². The van der Waals surface area contributed by atoms with Crippen LogP contribution in [0.4, 0.5) is 0 Å². The second kappa shape index (κ2) is 7.53. The van der Waals surface area contributed by atoms with Crippen LogP contribution in [0, 0.1) is 0 Å². The van der Waals surface area contributed by atoms with Crippen LogP contribution in [-0.2, 0) is 9.53 Å². The summed E-state index contributed by atoms with van der Waals surface area (Å²) >= 11 is 1.43. The van der Waals surface area contributed by atoms with E-state index in [4.69, 9.17) is 18.6 Å². The number of methoxy groups -OCH3 is 1. The van der Waals surface area contributed by atoms with Crippen molar-refractivity contribution in [2.24, 2.45) is 4.99 Å². The molecule has 1 aromatic carbocycles. The highest BCUT2D eigenvalue weighted by Crippen LogP contribution is 2.30. The maximum atomic E-state index is 12.1. The van der Waals surface area contributed by atoms with Crippen molar-refractivity contribution in [3.63, 3.8) is 0 Å². The maximum Gasteiger partial charge on any atom is 0.379 e. The average Bonchev–Trinajstić information content (AvgIpc) is 3.45. The van der Waals surface area contributed by atoms with E-state index in [2.05, 4.69) is 4.99 Å². The van der Waals surface area contributed by atoms with Gasteiger partial charge in [0.2, 0.25) is 11.7 Å². The zero-order valence-corrected chi connectivity index (χ0v) is 15.4. The highest BCUT2D eigenvalue weighted by molar-refractivity contribution is 7.12. The smallest absolute Gasteiger partial charge is 0.379 e. The number of carbonyl (C=O) groups excluding carboxylic acids is 2. The minimum Gasteiger partial charge on any atom is -0.493 e. The molecule has 0 bridgehead atoms. The molecule has 140 valence electrons. The van der Waals surface area contributed by atoms with Crippen LogP contribution in [0.2, 0.25) is 0 Å². The van der Waals surface area contributed by atoms with Crippen LogP contribution in [-0.4, -0.2) is 24.9 Å². The Bertz CT molecular complexity index is 1080. The molecule has 0 spiro atoms. The highest BCUT2D eigenvalue weighted by atomic mass is 32.1. The van der Waals surface area contributed by atoms with Crippen molar-refractivity contribution in [1.29, 1.82) is 0 Å². The first-order valence-corrected chi connectivity index (χ1v) is 9.02. The van der Waals surface area contributed by atoms with E-state index < -0.39 is 11.9 Å². The van der Waals surface area contributed by atoms with Gasteiger partial charge in [0.05, 0.1) is 18.3 Å². The van der Waals surface area contributed by atoms with Gasteiger partial charge in [-0.15, -0.1) is 11.3 Å². The monoisotopic (exact) mass is 395 g/mol. The van der Waals surface area contributed by atoms with Crippen LogP contribution in [0.5, 0.6) is 11.5 Å². The number of ether oxygens (including phenoxy) is 3. The van der Waals surface area contributed by atoms with Gasteiger partial charge in [-0.2, -0.15) is 0 Å². The van der Waals surface area contributed by atoms with E-state index in [1.165, 1.54) is 30.8 Å². The number of aliphatic imine (C=N–C) groups is 1. The molecule has 0 unspecified atom stereocenters. The lowest BCUT2D eigenvalue weighted by atomic mass is 10.1. The second-order valence-electron chi connectivity index (χ2n) is 5.59. The van der Waals surface area contributed by atoms with Crippen molar-refractivity contribution in [2.45, 2.75) is 0 Å². The fourth-order valence-electron chi connectivity index (χ4n) is 2.48. The molecule has 7 nitrogen and oxygen atoms in total. The molecular weight excluding hydrogens is 382 g/mol. The standard InChI is InChI=1S/C20H13NO6S/c1-24-16-11-12(6-7-14(16)26-20(23)15-4-2-8-25-15)10-13-19(22)27-18(21-13)17-5-3-9-28-17/h2-11H,1H3/b13-10-. The summed E-state index contributed by atoms with van der Waals surface area (Å²) in [6.45, 7) is 0. The van der Waals surface area contributed by atoms with E-state index in [1.54, 1.807) is 30.3 Å². The number of cyclic esters (lactones) is 1. The van der Waals surface area contributed by atoms with E-state index in [9.17, 15) is 9.59 Å². The zero-order chi connectivity index (χ0) is 19.5. The number of hydrogen-bond donors (Lipinski definition) is 0. The van der Waals surface area contributed by atoms with Crippen molar-refractivity contribution in [2.75, 3.05) is 7.11 Å². The normalized spacial score (nSPS) is 14.7. The lowest BCUT2D eigenvalue weighted by Crippen LogP contribution is -2.08. The van der Waals surface area contributed by atoms with Gasteiger partial charge in [-0.3, -0.25) is 0 Å². The van der Waals surface area contributed by atoms with E-state index in [-0.39, 0.29) is 23.1 Å². The second-order valence-corrected chi connectivity index (χ2v) is 6.54. The Morgan fingerprint density at radius 2 is 2.07 bits per heavy atom. The number of benzene rings is 1. The molecule has 2 aromatic heterocycles. The lowest BCUT2D eigenvalue weighted by molar-refractivity contribution is -0.129. The number of esters is 2. The summed E-state index contributed by atoms with van der Waals surface area (Å²) in [6.07, 6.45) is 2.96. The maximum absolute atomic E-state index is 12.1. The molecule has 8 heteroatoms. The van der Waals surface area contributed by atoms with Crippen molar-refractivity contribution >= 4 is 35.2 Å². The number of nitrogens with zero attached hydrogens (tertiary/aromatic N) is 1. The summed E-state index contributed by atoms with van der Waals surface area (Å²) in [5.74, 6) is -0.264. The Morgan fingerprint density at radius 3 is 2.79 bits per heavy atom. The Morgan fingerprint density at radius 1 is 1.18 bits per heavy atom. The van der Waals surface area contributed by atoms with E-state index >= 15 is 0 Å². The molecule has 28 heavy (non-hydrogen) atoms. The molecule has 4 rings (SSSR count). The van der Waals surface area contributed by atoms with E-state index in [0.29, 0.717) is 11.3 Å². The number of rotatable bonds is 5. The highest BCUT2D eigenvalue weighted by Gasteiger charge is 2.25. The molecule has 1 aliphatic rings. The number of thiophene rings is 1. The SMILES string of the molecule is COc1cc(/C=C2\N=C(c3cccs3)OC2=O)ccc1OC(=O)c1ccco1. The molecule has 0 fully saturated rings. The van der Waals surface area contributed by atoms with E-state index in [0.717, 1.165) is 4.88 Å². The molecule has 0 N–H and O–H groups in total. The molecule has 3 aromatic rings. The van der Waals surface area contributed by atoms with Gasteiger partial charge in [0.15, 0.2) is 17.2 Å². The Labute approximate surface area is 163 Å².